The average molecular weight is 381 g/mol. The normalized spacial score (nSPS) is 13.7. The molecule has 28 heavy (non-hydrogen) atoms. The molecule has 0 saturated carbocycles. The van der Waals surface area contributed by atoms with Crippen LogP contribution in [0.4, 0.5) is 0 Å². The van der Waals surface area contributed by atoms with Crippen molar-refractivity contribution < 1.29 is 0 Å². The van der Waals surface area contributed by atoms with Crippen LogP contribution in [0.15, 0.2) is 36.4 Å². The van der Waals surface area contributed by atoms with E-state index in [1.807, 2.05) is 0 Å². The maximum absolute atomic E-state index is 2.38. The van der Waals surface area contributed by atoms with Crippen molar-refractivity contribution in [3.63, 3.8) is 0 Å². The Morgan fingerprint density at radius 3 is 1.36 bits per heavy atom. The first-order chi connectivity index (χ1) is 13.7. The summed E-state index contributed by atoms with van der Waals surface area (Å²) >= 11 is 0. The molecular formula is C28H44. The maximum atomic E-state index is 2.38. The molecule has 2 rings (SSSR count). The Morgan fingerprint density at radius 2 is 1.00 bits per heavy atom. The van der Waals surface area contributed by atoms with Gasteiger partial charge in [-0.25, -0.2) is 0 Å². The van der Waals surface area contributed by atoms with Crippen LogP contribution in [0.5, 0.6) is 0 Å². The number of unbranched alkanes of at least 4 members (excludes halogenated alkanes) is 4. The molecule has 2 atom stereocenters. The molecule has 2 aromatic carbocycles. The molecule has 0 saturated heterocycles. The summed E-state index contributed by atoms with van der Waals surface area (Å²) in [7, 11) is 0. The summed E-state index contributed by atoms with van der Waals surface area (Å²) in [5.41, 5.74) is 3.14. The SMILES string of the molecule is CCCCCC(CC)Cc1cccc2c(CC(CC)CCCCC)cccc12. The lowest BCUT2D eigenvalue weighted by Crippen LogP contribution is -2.06. The lowest BCUT2D eigenvalue weighted by Gasteiger charge is -2.19. The molecule has 0 heterocycles. The molecule has 0 aromatic heterocycles. The summed E-state index contributed by atoms with van der Waals surface area (Å²) in [5.74, 6) is 1.66. The monoisotopic (exact) mass is 380 g/mol. The van der Waals surface area contributed by atoms with E-state index in [9.17, 15) is 0 Å². The van der Waals surface area contributed by atoms with Gasteiger partial charge in [-0.3, -0.25) is 0 Å². The molecule has 0 N–H and O–H groups in total. The van der Waals surface area contributed by atoms with Crippen LogP contribution in [0, 0.1) is 11.8 Å². The van der Waals surface area contributed by atoms with Gasteiger partial charge in [-0.05, 0) is 46.6 Å². The molecule has 156 valence electrons. The van der Waals surface area contributed by atoms with Gasteiger partial charge in [0.25, 0.3) is 0 Å². The van der Waals surface area contributed by atoms with Crippen LogP contribution in [0.2, 0.25) is 0 Å². The lowest BCUT2D eigenvalue weighted by atomic mass is 9.86. The standard InChI is InChI=1S/C28H44/c1-5-9-11-15-23(7-3)21-25-17-13-20-28-26(18-14-19-27(25)28)22-24(8-4)16-12-10-6-2/h13-14,17-20,23-24H,5-12,15-16,21-22H2,1-4H3. The fourth-order valence-corrected chi connectivity index (χ4v) is 4.69. The van der Waals surface area contributed by atoms with Crippen molar-refractivity contribution in [3.8, 4) is 0 Å². The van der Waals surface area contributed by atoms with E-state index in [0.717, 1.165) is 11.8 Å². The van der Waals surface area contributed by atoms with E-state index in [0.29, 0.717) is 0 Å². The summed E-state index contributed by atoms with van der Waals surface area (Å²) in [6.07, 6.45) is 16.1. The zero-order chi connectivity index (χ0) is 20.2. The first-order valence-electron chi connectivity index (χ1n) is 12.2. The Hall–Kier alpha value is -1.30. The molecule has 0 aliphatic rings. The highest BCUT2D eigenvalue weighted by Gasteiger charge is 2.13. The van der Waals surface area contributed by atoms with E-state index in [2.05, 4.69) is 64.1 Å². The van der Waals surface area contributed by atoms with Gasteiger partial charge in [0.2, 0.25) is 0 Å². The van der Waals surface area contributed by atoms with E-state index >= 15 is 0 Å². The highest BCUT2D eigenvalue weighted by atomic mass is 14.2. The zero-order valence-electron chi connectivity index (χ0n) is 19.1. The van der Waals surface area contributed by atoms with Crippen LogP contribution in [0.25, 0.3) is 10.8 Å². The van der Waals surface area contributed by atoms with E-state index in [-0.39, 0.29) is 0 Å². The fourth-order valence-electron chi connectivity index (χ4n) is 4.69. The highest BCUT2D eigenvalue weighted by Crippen LogP contribution is 2.29. The predicted octanol–water partition coefficient (Wildman–Crippen LogP) is 9.14. The first kappa shape index (κ1) is 23.0. The van der Waals surface area contributed by atoms with Crippen LogP contribution in [0.3, 0.4) is 0 Å². The second kappa shape index (κ2) is 13.0. The molecule has 0 heteroatoms. The van der Waals surface area contributed by atoms with Crippen molar-refractivity contribution >= 4 is 10.8 Å². The number of hydrogen-bond acceptors (Lipinski definition) is 0. The number of rotatable bonds is 14. The number of fused-ring (bicyclic) bond motifs is 1. The molecule has 0 fully saturated rings. The van der Waals surface area contributed by atoms with Crippen molar-refractivity contribution in [2.24, 2.45) is 11.8 Å². The fraction of sp³-hybridized carbons (Fsp3) is 0.643. The molecule has 0 aliphatic heterocycles. The first-order valence-corrected chi connectivity index (χ1v) is 12.2. The molecule has 0 bridgehead atoms. The van der Waals surface area contributed by atoms with Crippen LogP contribution in [0.1, 0.15) is 103 Å². The van der Waals surface area contributed by atoms with E-state index in [1.165, 1.54) is 87.8 Å². The summed E-state index contributed by atoms with van der Waals surface area (Å²) in [4.78, 5) is 0. The Bertz CT molecular complexity index is 610. The average Bonchev–Trinajstić information content (AvgIpc) is 2.73. The molecule has 0 spiro atoms. The summed E-state index contributed by atoms with van der Waals surface area (Å²) in [6, 6.07) is 14.1. The minimum Gasteiger partial charge on any atom is -0.0654 e. The minimum absolute atomic E-state index is 0.832. The number of hydrogen-bond donors (Lipinski definition) is 0. The molecule has 0 nitrogen and oxygen atoms in total. The zero-order valence-corrected chi connectivity index (χ0v) is 19.1. The Balaban J connectivity index is 2.16. The van der Waals surface area contributed by atoms with E-state index in [4.69, 9.17) is 0 Å². The quantitative estimate of drug-likeness (QED) is 0.287. The second-order valence-corrected chi connectivity index (χ2v) is 8.88. The minimum atomic E-state index is 0.832. The van der Waals surface area contributed by atoms with Gasteiger partial charge in [-0.15, -0.1) is 0 Å². The molecule has 0 aliphatic carbocycles. The van der Waals surface area contributed by atoms with Gasteiger partial charge in [0, 0.05) is 0 Å². The topological polar surface area (TPSA) is 0 Å². The Kier molecular flexibility index (Phi) is 10.7. The molecule has 0 radical (unpaired) electrons. The second-order valence-electron chi connectivity index (χ2n) is 8.88. The maximum Gasteiger partial charge on any atom is -0.0149 e. The van der Waals surface area contributed by atoms with E-state index < -0.39 is 0 Å². The van der Waals surface area contributed by atoms with Crippen LogP contribution < -0.4 is 0 Å². The smallest absolute Gasteiger partial charge is 0.0149 e. The largest absolute Gasteiger partial charge is 0.0654 e. The van der Waals surface area contributed by atoms with Gasteiger partial charge in [0.1, 0.15) is 0 Å². The Labute approximate surface area is 175 Å². The van der Waals surface area contributed by atoms with Crippen molar-refractivity contribution in [1.29, 1.82) is 0 Å². The molecule has 2 aromatic rings. The lowest BCUT2D eigenvalue weighted by molar-refractivity contribution is 0.443. The van der Waals surface area contributed by atoms with Gasteiger partial charge in [-0.2, -0.15) is 0 Å². The highest BCUT2D eigenvalue weighted by molar-refractivity contribution is 5.88. The number of benzene rings is 2. The van der Waals surface area contributed by atoms with E-state index in [1.54, 1.807) is 11.1 Å². The van der Waals surface area contributed by atoms with Gasteiger partial charge in [0.15, 0.2) is 0 Å². The third kappa shape index (κ3) is 6.94. The van der Waals surface area contributed by atoms with Crippen molar-refractivity contribution in [3.05, 3.63) is 47.5 Å². The summed E-state index contributed by atoms with van der Waals surface area (Å²) in [5, 5.41) is 3.02. The molecular weight excluding hydrogens is 336 g/mol. The van der Waals surface area contributed by atoms with Crippen LogP contribution >= 0.6 is 0 Å². The van der Waals surface area contributed by atoms with Gasteiger partial charge < -0.3 is 0 Å². The van der Waals surface area contributed by atoms with Crippen molar-refractivity contribution in [2.45, 2.75) is 105 Å². The third-order valence-electron chi connectivity index (χ3n) is 6.71. The molecule has 2 unspecified atom stereocenters. The van der Waals surface area contributed by atoms with Gasteiger partial charge in [0.05, 0.1) is 0 Å². The predicted molar refractivity (Wildman–Crippen MR) is 127 cm³/mol. The Morgan fingerprint density at radius 1 is 0.571 bits per heavy atom. The van der Waals surface area contributed by atoms with Crippen LogP contribution in [-0.4, -0.2) is 0 Å². The summed E-state index contributed by atoms with van der Waals surface area (Å²) in [6.45, 7) is 9.35. The van der Waals surface area contributed by atoms with Crippen molar-refractivity contribution in [1.82, 2.24) is 0 Å². The van der Waals surface area contributed by atoms with Crippen LogP contribution in [-0.2, 0) is 12.8 Å². The molecule has 0 amide bonds. The summed E-state index contributed by atoms with van der Waals surface area (Å²) < 4.78 is 0. The van der Waals surface area contributed by atoms with Crippen molar-refractivity contribution in [2.75, 3.05) is 0 Å². The van der Waals surface area contributed by atoms with Gasteiger partial charge in [-0.1, -0.05) is 128 Å². The third-order valence-corrected chi connectivity index (χ3v) is 6.71. The van der Waals surface area contributed by atoms with Gasteiger partial charge >= 0.3 is 0 Å².